The fourth-order valence-corrected chi connectivity index (χ4v) is 4.38. The molecule has 0 bridgehead atoms. The first kappa shape index (κ1) is 27.6. The molecule has 0 aliphatic carbocycles. The second-order valence-electron chi connectivity index (χ2n) is 9.82. The van der Waals surface area contributed by atoms with Gasteiger partial charge in [-0.25, -0.2) is 0 Å². The molecule has 9 heteroatoms. The average molecular weight is 550 g/mol. The van der Waals surface area contributed by atoms with Crippen LogP contribution in [0.2, 0.25) is 0 Å². The Hall–Kier alpha value is -4.91. The number of hydrogen-bond acceptors (Lipinski definition) is 8. The van der Waals surface area contributed by atoms with Gasteiger partial charge in [0.2, 0.25) is 5.91 Å². The highest BCUT2D eigenvalue weighted by atomic mass is 16.5. The zero-order chi connectivity index (χ0) is 28.6. The van der Waals surface area contributed by atoms with Crippen molar-refractivity contribution in [3.8, 4) is 23.3 Å². The van der Waals surface area contributed by atoms with Gasteiger partial charge in [-0.3, -0.25) is 9.78 Å². The quantitative estimate of drug-likeness (QED) is 0.237. The van der Waals surface area contributed by atoms with Crippen molar-refractivity contribution in [3.05, 3.63) is 90.6 Å². The third-order valence-corrected chi connectivity index (χ3v) is 6.39. The summed E-state index contributed by atoms with van der Waals surface area (Å²) in [7, 11) is 3.86. The topological polar surface area (TPSA) is 109 Å². The van der Waals surface area contributed by atoms with E-state index in [2.05, 4.69) is 21.7 Å². The number of nitrogens with zero attached hydrogens (tertiary/aromatic N) is 3. The number of aromatic nitrogens is 1. The van der Waals surface area contributed by atoms with Gasteiger partial charge in [0.15, 0.2) is 0 Å². The molecule has 0 saturated carbocycles. The number of carbonyl (C=O) groups is 1. The van der Waals surface area contributed by atoms with E-state index in [1.165, 1.54) is 12.3 Å². The number of pyridine rings is 1. The van der Waals surface area contributed by atoms with Crippen molar-refractivity contribution in [2.75, 3.05) is 44.5 Å². The van der Waals surface area contributed by atoms with Gasteiger partial charge in [-0.15, -0.1) is 0 Å². The molecule has 1 aliphatic rings. The molecule has 3 aromatic carbocycles. The van der Waals surface area contributed by atoms with Crippen LogP contribution < -0.4 is 20.1 Å². The van der Waals surface area contributed by atoms with E-state index in [4.69, 9.17) is 14.2 Å². The Morgan fingerprint density at radius 2 is 1.88 bits per heavy atom. The molecular weight excluding hydrogens is 518 g/mol. The summed E-state index contributed by atoms with van der Waals surface area (Å²) < 4.78 is 17.6. The first-order valence-electron chi connectivity index (χ1n) is 13.3. The molecule has 1 aromatic heterocycles. The molecule has 1 atom stereocenters. The molecule has 9 nitrogen and oxygen atoms in total. The standard InChI is InChI=1S/C32H31N5O4/c1-37(2)17-6-9-29(38)36-32-28(41-26-16-18-39-21-26)15-14-27-30(22(19-33)20-34-31(27)32)35-23-10-12-25(13-11-23)40-24-7-4-3-5-8-24/h3-15,20,26H,16-18,21H2,1-2H3,(H,34,35)(H,36,38)/b9-6+. The van der Waals surface area contributed by atoms with Crippen molar-refractivity contribution in [2.24, 2.45) is 0 Å². The molecule has 208 valence electrons. The maximum atomic E-state index is 12.9. The van der Waals surface area contributed by atoms with Crippen molar-refractivity contribution in [1.29, 1.82) is 5.26 Å². The predicted molar refractivity (Wildman–Crippen MR) is 159 cm³/mol. The van der Waals surface area contributed by atoms with Crippen LogP contribution in [0.15, 0.2) is 85.1 Å². The number of nitrogens with one attached hydrogen (secondary N) is 2. The largest absolute Gasteiger partial charge is 0.486 e. The van der Waals surface area contributed by atoms with Crippen LogP contribution in [-0.4, -0.2) is 55.7 Å². The van der Waals surface area contributed by atoms with E-state index < -0.39 is 0 Å². The van der Waals surface area contributed by atoms with E-state index in [0.29, 0.717) is 59.1 Å². The third kappa shape index (κ3) is 7.00. The zero-order valence-electron chi connectivity index (χ0n) is 23.0. The molecule has 2 N–H and O–H groups in total. The van der Waals surface area contributed by atoms with Gasteiger partial charge in [0.25, 0.3) is 0 Å². The van der Waals surface area contributed by atoms with E-state index in [-0.39, 0.29) is 12.0 Å². The van der Waals surface area contributed by atoms with Crippen molar-refractivity contribution in [1.82, 2.24) is 9.88 Å². The highest BCUT2D eigenvalue weighted by Crippen LogP contribution is 2.39. The van der Waals surface area contributed by atoms with Crippen LogP contribution in [0.25, 0.3) is 10.9 Å². The molecule has 0 radical (unpaired) electrons. The second kappa shape index (κ2) is 13.0. The summed E-state index contributed by atoms with van der Waals surface area (Å²) in [6, 6.07) is 22.9. The van der Waals surface area contributed by atoms with Gasteiger partial charge in [-0.05, 0) is 62.6 Å². The monoisotopic (exact) mass is 549 g/mol. The van der Waals surface area contributed by atoms with Crippen LogP contribution >= 0.6 is 0 Å². The highest BCUT2D eigenvalue weighted by Gasteiger charge is 2.22. The summed E-state index contributed by atoms with van der Waals surface area (Å²) in [4.78, 5) is 19.4. The summed E-state index contributed by atoms with van der Waals surface area (Å²) in [6.07, 6.45) is 5.40. The minimum Gasteiger partial charge on any atom is -0.486 e. The zero-order valence-corrected chi connectivity index (χ0v) is 23.0. The number of fused-ring (bicyclic) bond motifs is 1. The normalized spacial score (nSPS) is 14.7. The Balaban J connectivity index is 1.48. The Bertz CT molecular complexity index is 1570. The lowest BCUT2D eigenvalue weighted by molar-refractivity contribution is -0.111. The van der Waals surface area contributed by atoms with Gasteiger partial charge in [-0.1, -0.05) is 24.3 Å². The maximum absolute atomic E-state index is 12.9. The predicted octanol–water partition coefficient (Wildman–Crippen LogP) is 5.87. The molecule has 41 heavy (non-hydrogen) atoms. The number of anilines is 3. The Kier molecular flexibility index (Phi) is 8.74. The van der Waals surface area contributed by atoms with E-state index in [0.717, 1.165) is 17.9 Å². The second-order valence-corrected chi connectivity index (χ2v) is 9.82. The summed E-state index contributed by atoms with van der Waals surface area (Å²) >= 11 is 0. The molecule has 4 aromatic rings. The number of carbonyl (C=O) groups excluding carboxylic acids is 1. The molecule has 1 saturated heterocycles. The lowest BCUT2D eigenvalue weighted by atomic mass is 10.1. The van der Waals surface area contributed by atoms with Crippen LogP contribution in [0.4, 0.5) is 17.1 Å². The average Bonchev–Trinajstić information content (AvgIpc) is 3.49. The molecule has 2 heterocycles. The number of amides is 1. The Labute approximate surface area is 239 Å². The van der Waals surface area contributed by atoms with E-state index >= 15 is 0 Å². The number of para-hydroxylation sites is 1. The lowest BCUT2D eigenvalue weighted by Crippen LogP contribution is -2.18. The lowest BCUT2D eigenvalue weighted by Gasteiger charge is -2.19. The molecular formula is C32H31N5O4. The Morgan fingerprint density at radius 1 is 1.10 bits per heavy atom. The van der Waals surface area contributed by atoms with Crippen LogP contribution in [0.3, 0.4) is 0 Å². The number of hydrogen-bond donors (Lipinski definition) is 2. The summed E-state index contributed by atoms with van der Waals surface area (Å²) in [5, 5.41) is 16.9. The fourth-order valence-electron chi connectivity index (χ4n) is 4.38. The molecule has 0 spiro atoms. The summed E-state index contributed by atoms with van der Waals surface area (Å²) in [5.41, 5.74) is 2.64. The van der Waals surface area contributed by atoms with Gasteiger partial charge in [0.1, 0.15) is 35.1 Å². The van der Waals surface area contributed by atoms with Crippen molar-refractivity contribution in [2.45, 2.75) is 12.5 Å². The number of likely N-dealkylation sites (N-methyl/N-ethyl adjacent to an activating group) is 1. The number of benzene rings is 3. The third-order valence-electron chi connectivity index (χ3n) is 6.39. The van der Waals surface area contributed by atoms with Gasteiger partial charge < -0.3 is 29.7 Å². The molecule has 1 amide bonds. The first-order chi connectivity index (χ1) is 20.0. The van der Waals surface area contributed by atoms with Crippen LogP contribution in [0.1, 0.15) is 12.0 Å². The summed E-state index contributed by atoms with van der Waals surface area (Å²) in [6.45, 7) is 1.73. The molecule has 1 unspecified atom stereocenters. The van der Waals surface area contributed by atoms with Crippen LogP contribution in [0, 0.1) is 11.3 Å². The van der Waals surface area contributed by atoms with Gasteiger partial charge in [0.05, 0.1) is 30.0 Å². The SMILES string of the molecule is CN(C)C/C=C/C(=O)Nc1c(OC2CCOC2)ccc2c(Nc3ccc(Oc4ccccc4)cc3)c(C#N)cnc12. The van der Waals surface area contributed by atoms with Crippen LogP contribution in [-0.2, 0) is 9.53 Å². The number of nitriles is 1. The minimum atomic E-state index is -0.304. The van der Waals surface area contributed by atoms with Crippen molar-refractivity contribution in [3.63, 3.8) is 0 Å². The molecule has 1 aliphatic heterocycles. The fraction of sp³-hybridized carbons (Fsp3) is 0.219. The summed E-state index contributed by atoms with van der Waals surface area (Å²) in [5.74, 6) is 1.62. The molecule has 5 rings (SSSR count). The number of rotatable bonds is 10. The van der Waals surface area contributed by atoms with E-state index in [1.807, 2.05) is 79.7 Å². The first-order valence-corrected chi connectivity index (χ1v) is 13.3. The minimum absolute atomic E-state index is 0.125. The van der Waals surface area contributed by atoms with Gasteiger partial charge in [-0.2, -0.15) is 5.26 Å². The van der Waals surface area contributed by atoms with Crippen molar-refractivity contribution < 1.29 is 19.0 Å². The van der Waals surface area contributed by atoms with E-state index in [1.54, 1.807) is 12.1 Å². The smallest absolute Gasteiger partial charge is 0.248 e. The highest BCUT2D eigenvalue weighted by molar-refractivity contribution is 6.10. The maximum Gasteiger partial charge on any atom is 0.248 e. The van der Waals surface area contributed by atoms with E-state index in [9.17, 15) is 10.1 Å². The van der Waals surface area contributed by atoms with Crippen molar-refractivity contribution >= 4 is 33.9 Å². The number of ether oxygens (including phenoxy) is 3. The van der Waals surface area contributed by atoms with Gasteiger partial charge in [0, 0.05) is 36.3 Å². The van der Waals surface area contributed by atoms with Gasteiger partial charge >= 0.3 is 0 Å². The van der Waals surface area contributed by atoms with Crippen LogP contribution in [0.5, 0.6) is 17.2 Å². The Morgan fingerprint density at radius 3 is 2.59 bits per heavy atom. The molecule has 1 fully saturated rings.